The number of halogens is 1. The monoisotopic (exact) mass is 644 g/mol. The SMILES string of the molecule is COc1nc(-c2cccc(-c3cccc(NC(=O)C4=CN(C)C(=O)N(C)C4O)c3Cl)c2C)cc2c1C(NCC1CCC(=O)N1)CC2. The Hall–Kier alpha value is -4.45. The number of aliphatic hydroxyl groups is 1. The third-order valence-electron chi connectivity index (χ3n) is 9.04. The van der Waals surface area contributed by atoms with E-state index in [1.54, 1.807) is 19.2 Å². The molecule has 3 unspecified atom stereocenters. The summed E-state index contributed by atoms with van der Waals surface area (Å²) in [5.74, 6) is 0.121. The highest BCUT2D eigenvalue weighted by molar-refractivity contribution is 6.36. The van der Waals surface area contributed by atoms with Crippen LogP contribution in [0.2, 0.25) is 5.02 Å². The van der Waals surface area contributed by atoms with Crippen LogP contribution in [0.4, 0.5) is 10.5 Å². The molecule has 1 aliphatic carbocycles. The lowest BCUT2D eigenvalue weighted by Gasteiger charge is -2.33. The number of ether oxygens (including phenoxy) is 1. The fraction of sp³-hybridized carbons (Fsp3) is 0.353. The molecule has 2 aliphatic heterocycles. The van der Waals surface area contributed by atoms with Crippen molar-refractivity contribution >= 4 is 35.1 Å². The van der Waals surface area contributed by atoms with E-state index in [4.69, 9.17) is 21.3 Å². The van der Waals surface area contributed by atoms with Crippen LogP contribution in [-0.2, 0) is 16.0 Å². The van der Waals surface area contributed by atoms with Crippen LogP contribution in [-0.4, -0.2) is 77.8 Å². The minimum Gasteiger partial charge on any atom is -0.481 e. The van der Waals surface area contributed by atoms with E-state index >= 15 is 0 Å². The molecule has 1 fully saturated rings. The molecule has 4 amide bonds. The van der Waals surface area contributed by atoms with Crippen LogP contribution in [0.1, 0.15) is 42.0 Å². The minimum atomic E-state index is -1.39. The number of carbonyl (C=O) groups excluding carboxylic acids is 3. The van der Waals surface area contributed by atoms with Crippen LogP contribution in [0.3, 0.4) is 0 Å². The van der Waals surface area contributed by atoms with Crippen molar-refractivity contribution in [1.82, 2.24) is 25.4 Å². The molecule has 3 aromatic rings. The summed E-state index contributed by atoms with van der Waals surface area (Å²) in [6.07, 6.45) is 3.15. The highest BCUT2D eigenvalue weighted by Gasteiger charge is 2.33. The summed E-state index contributed by atoms with van der Waals surface area (Å²) >= 11 is 6.90. The fourth-order valence-corrected chi connectivity index (χ4v) is 6.80. The molecule has 3 atom stereocenters. The van der Waals surface area contributed by atoms with E-state index in [0.29, 0.717) is 29.6 Å². The van der Waals surface area contributed by atoms with Crippen LogP contribution >= 0.6 is 11.6 Å². The van der Waals surface area contributed by atoms with Crippen LogP contribution in [0.25, 0.3) is 22.4 Å². The van der Waals surface area contributed by atoms with Gasteiger partial charge in [0.05, 0.1) is 29.1 Å². The predicted molar refractivity (Wildman–Crippen MR) is 175 cm³/mol. The number of nitrogens with zero attached hydrogens (tertiary/aromatic N) is 3. The lowest BCUT2D eigenvalue weighted by molar-refractivity contribution is -0.119. The summed E-state index contributed by atoms with van der Waals surface area (Å²) in [6.45, 7) is 2.72. The van der Waals surface area contributed by atoms with Gasteiger partial charge >= 0.3 is 6.03 Å². The van der Waals surface area contributed by atoms with Crippen molar-refractivity contribution < 1.29 is 24.2 Å². The maximum atomic E-state index is 13.2. The number of rotatable bonds is 8. The largest absolute Gasteiger partial charge is 0.481 e. The number of methoxy groups -OCH3 is 1. The van der Waals surface area contributed by atoms with E-state index in [1.165, 1.54) is 30.8 Å². The van der Waals surface area contributed by atoms with Crippen LogP contribution in [0.5, 0.6) is 5.88 Å². The van der Waals surface area contributed by atoms with Gasteiger partial charge in [-0.15, -0.1) is 0 Å². The Bertz CT molecular complexity index is 1760. The first kappa shape index (κ1) is 31.5. The van der Waals surface area contributed by atoms with Crippen LogP contribution < -0.4 is 20.7 Å². The molecular formula is C34H37ClN6O5. The molecule has 46 heavy (non-hydrogen) atoms. The van der Waals surface area contributed by atoms with Gasteiger partial charge in [-0.1, -0.05) is 41.9 Å². The summed E-state index contributed by atoms with van der Waals surface area (Å²) in [5.41, 5.74) is 6.91. The number of aromatic nitrogens is 1. The molecule has 6 rings (SSSR count). The number of hydrogen-bond acceptors (Lipinski definition) is 7. The Labute approximate surface area is 272 Å². The maximum Gasteiger partial charge on any atom is 0.325 e. The number of aliphatic hydroxyl groups excluding tert-OH is 1. The number of amides is 4. The van der Waals surface area contributed by atoms with Crippen molar-refractivity contribution in [1.29, 1.82) is 0 Å². The number of nitrogens with one attached hydrogen (secondary N) is 3. The third kappa shape index (κ3) is 5.81. The van der Waals surface area contributed by atoms with Gasteiger partial charge in [-0.2, -0.15) is 0 Å². The lowest BCUT2D eigenvalue weighted by Crippen LogP contribution is -2.49. The van der Waals surface area contributed by atoms with Gasteiger partial charge in [-0.3, -0.25) is 14.5 Å². The molecule has 3 aliphatic rings. The Morgan fingerprint density at radius 3 is 2.59 bits per heavy atom. The summed E-state index contributed by atoms with van der Waals surface area (Å²) in [6, 6.07) is 13.3. The minimum absolute atomic E-state index is 0.0172. The van der Waals surface area contributed by atoms with Gasteiger partial charge in [-0.25, -0.2) is 9.78 Å². The Kier molecular flexibility index (Phi) is 8.73. The van der Waals surface area contributed by atoms with Crippen molar-refractivity contribution in [2.45, 2.75) is 50.9 Å². The van der Waals surface area contributed by atoms with Crippen molar-refractivity contribution in [2.24, 2.45) is 0 Å². The molecule has 1 aromatic heterocycles. The van der Waals surface area contributed by atoms with E-state index < -0.39 is 18.2 Å². The van der Waals surface area contributed by atoms with Gasteiger partial charge in [0.2, 0.25) is 11.8 Å². The molecule has 0 radical (unpaired) electrons. The molecule has 12 heteroatoms. The summed E-state index contributed by atoms with van der Waals surface area (Å²) in [7, 11) is 4.58. The topological polar surface area (TPSA) is 136 Å². The normalized spacial score (nSPS) is 20.8. The van der Waals surface area contributed by atoms with Crippen LogP contribution in [0.15, 0.2) is 54.2 Å². The van der Waals surface area contributed by atoms with E-state index in [2.05, 4.69) is 22.0 Å². The number of carbonyl (C=O) groups is 3. The number of pyridine rings is 1. The fourth-order valence-electron chi connectivity index (χ4n) is 6.52. The Morgan fingerprint density at radius 2 is 1.85 bits per heavy atom. The zero-order chi connectivity index (χ0) is 32.7. The molecule has 0 saturated carbocycles. The van der Waals surface area contributed by atoms with Gasteiger partial charge in [0.15, 0.2) is 6.23 Å². The summed E-state index contributed by atoms with van der Waals surface area (Å²) in [4.78, 5) is 44.2. The smallest absolute Gasteiger partial charge is 0.325 e. The average molecular weight is 645 g/mol. The van der Waals surface area contributed by atoms with Gasteiger partial charge < -0.3 is 30.7 Å². The maximum absolute atomic E-state index is 13.2. The molecule has 0 bridgehead atoms. The molecule has 1 saturated heterocycles. The quantitative estimate of drug-likeness (QED) is 0.286. The van der Waals surface area contributed by atoms with Crippen LogP contribution in [0, 0.1) is 6.92 Å². The second-order valence-corrected chi connectivity index (χ2v) is 12.3. The number of hydrogen-bond donors (Lipinski definition) is 4. The molecule has 11 nitrogen and oxygen atoms in total. The standard InChI is InChI=1S/C34H37ClN6O5/c1-18-21(23-9-6-10-26(30(23)35)38-31(43)24-17-40(2)34(45)41(3)33(24)44)7-5-8-22(18)27-15-19-11-13-25(29(19)32(39-27)46-4)36-16-20-12-14-28(42)37-20/h5-10,15,17,20,25,33,36,44H,11-14,16H2,1-4H3,(H,37,42)(H,38,43). The number of benzene rings is 2. The number of likely N-dealkylation sites (N-methyl/N-ethyl adjacent to an activating group) is 1. The molecule has 0 spiro atoms. The number of aryl methyl sites for hydroxylation is 1. The predicted octanol–water partition coefficient (Wildman–Crippen LogP) is 4.38. The molecule has 4 N–H and O–H groups in total. The summed E-state index contributed by atoms with van der Waals surface area (Å²) < 4.78 is 5.81. The van der Waals surface area contributed by atoms with Crippen molar-refractivity contribution in [3.05, 3.63) is 76.0 Å². The second kappa shape index (κ2) is 12.7. The molecule has 2 aromatic carbocycles. The molecule has 240 valence electrons. The summed E-state index contributed by atoms with van der Waals surface area (Å²) in [5, 5.41) is 20.3. The second-order valence-electron chi connectivity index (χ2n) is 12.0. The highest BCUT2D eigenvalue weighted by atomic mass is 35.5. The number of fused-ring (bicyclic) bond motifs is 1. The lowest BCUT2D eigenvalue weighted by atomic mass is 9.93. The van der Waals surface area contributed by atoms with E-state index in [0.717, 1.165) is 57.7 Å². The highest BCUT2D eigenvalue weighted by Crippen LogP contribution is 2.42. The van der Waals surface area contributed by atoms with Gasteiger partial charge in [0.25, 0.3) is 5.91 Å². The first-order valence-corrected chi connectivity index (χ1v) is 15.6. The zero-order valence-corrected chi connectivity index (χ0v) is 26.9. The number of anilines is 1. The average Bonchev–Trinajstić information content (AvgIpc) is 3.66. The first-order chi connectivity index (χ1) is 22.1. The molecule has 3 heterocycles. The van der Waals surface area contributed by atoms with Crippen molar-refractivity contribution in [3.63, 3.8) is 0 Å². The van der Waals surface area contributed by atoms with Crippen molar-refractivity contribution in [3.8, 4) is 28.3 Å². The third-order valence-corrected chi connectivity index (χ3v) is 9.45. The number of urea groups is 1. The van der Waals surface area contributed by atoms with Gasteiger partial charge in [-0.05, 0) is 55.0 Å². The van der Waals surface area contributed by atoms with E-state index in [1.807, 2.05) is 31.2 Å². The Balaban J connectivity index is 1.27. The molecular weight excluding hydrogens is 608 g/mol. The first-order valence-electron chi connectivity index (χ1n) is 15.3. The van der Waals surface area contributed by atoms with E-state index in [9.17, 15) is 19.5 Å². The Morgan fingerprint density at radius 1 is 1.11 bits per heavy atom. The van der Waals surface area contributed by atoms with Crippen molar-refractivity contribution in [2.75, 3.05) is 33.1 Å². The van der Waals surface area contributed by atoms with Gasteiger partial charge in [0.1, 0.15) is 0 Å². The van der Waals surface area contributed by atoms with Gasteiger partial charge in [0, 0.05) is 62.0 Å². The zero-order valence-electron chi connectivity index (χ0n) is 26.2. The van der Waals surface area contributed by atoms with E-state index in [-0.39, 0.29) is 23.6 Å².